The quantitative estimate of drug-likeness (QED) is 0.864. The van der Waals surface area contributed by atoms with Gasteiger partial charge in [0.2, 0.25) is 0 Å². The summed E-state index contributed by atoms with van der Waals surface area (Å²) in [5.41, 5.74) is 2.40. The van der Waals surface area contributed by atoms with Gasteiger partial charge in [0.05, 0.1) is 0 Å². The molecule has 0 unspecified atom stereocenters. The van der Waals surface area contributed by atoms with Crippen LogP contribution in [0.3, 0.4) is 0 Å². The van der Waals surface area contributed by atoms with E-state index in [1.807, 2.05) is 25.1 Å². The summed E-state index contributed by atoms with van der Waals surface area (Å²) in [7, 11) is 0. The van der Waals surface area contributed by atoms with Gasteiger partial charge in [-0.05, 0) is 48.9 Å². The number of benzene rings is 1. The third kappa shape index (κ3) is 4.87. The first-order chi connectivity index (χ1) is 9.31. The molecular formula is C17H27NO2. The number of amides is 1. The minimum Gasteiger partial charge on any atom is -0.484 e. The van der Waals surface area contributed by atoms with Crippen molar-refractivity contribution in [3.63, 3.8) is 0 Å². The maximum atomic E-state index is 12.0. The molecule has 0 fully saturated rings. The number of rotatable bonds is 6. The fraction of sp³-hybridized carbons (Fsp3) is 0.588. The molecule has 0 aromatic heterocycles. The molecular weight excluding hydrogens is 250 g/mol. The van der Waals surface area contributed by atoms with Gasteiger partial charge in [-0.2, -0.15) is 0 Å². The first-order valence-corrected chi connectivity index (χ1v) is 7.30. The average Bonchev–Trinajstić information content (AvgIpc) is 2.36. The zero-order valence-corrected chi connectivity index (χ0v) is 13.5. The summed E-state index contributed by atoms with van der Waals surface area (Å²) in [6.07, 6.45) is 0. The first-order valence-electron chi connectivity index (χ1n) is 7.30. The Balaban J connectivity index is 2.52. The highest BCUT2D eigenvalue weighted by Crippen LogP contribution is 2.16. The molecule has 20 heavy (non-hydrogen) atoms. The van der Waals surface area contributed by atoms with Gasteiger partial charge in [-0.3, -0.25) is 4.79 Å². The summed E-state index contributed by atoms with van der Waals surface area (Å²) in [6, 6.07) is 6.06. The van der Waals surface area contributed by atoms with E-state index in [0.717, 1.165) is 5.75 Å². The summed E-state index contributed by atoms with van der Waals surface area (Å²) in [5.74, 6) is 1.52. The van der Waals surface area contributed by atoms with Gasteiger partial charge in [-0.15, -0.1) is 0 Å². The van der Waals surface area contributed by atoms with Gasteiger partial charge in [0.15, 0.2) is 6.61 Å². The Morgan fingerprint density at radius 2 is 1.70 bits per heavy atom. The Hall–Kier alpha value is -1.51. The van der Waals surface area contributed by atoms with Gasteiger partial charge in [-0.1, -0.05) is 33.8 Å². The third-order valence-corrected chi connectivity index (χ3v) is 3.61. The van der Waals surface area contributed by atoms with Crippen LogP contribution in [0.4, 0.5) is 0 Å². The minimum absolute atomic E-state index is 0.0596. The maximum absolute atomic E-state index is 12.0. The second-order valence-corrected chi connectivity index (χ2v) is 6.12. The van der Waals surface area contributed by atoms with E-state index in [2.05, 4.69) is 39.9 Å². The summed E-state index contributed by atoms with van der Waals surface area (Å²) < 4.78 is 5.55. The Morgan fingerprint density at radius 1 is 1.10 bits per heavy atom. The second-order valence-electron chi connectivity index (χ2n) is 6.12. The van der Waals surface area contributed by atoms with E-state index >= 15 is 0 Å². The van der Waals surface area contributed by atoms with Gasteiger partial charge >= 0.3 is 0 Å². The van der Waals surface area contributed by atoms with Gasteiger partial charge in [-0.25, -0.2) is 0 Å². The highest BCUT2D eigenvalue weighted by atomic mass is 16.5. The Bertz CT molecular complexity index is 444. The molecule has 1 aromatic rings. The molecule has 1 aromatic carbocycles. The zero-order valence-electron chi connectivity index (χ0n) is 13.5. The second kappa shape index (κ2) is 7.32. The van der Waals surface area contributed by atoms with Crippen molar-refractivity contribution in [3.05, 3.63) is 29.3 Å². The van der Waals surface area contributed by atoms with E-state index in [1.54, 1.807) is 0 Å². The van der Waals surface area contributed by atoms with Gasteiger partial charge in [0.25, 0.3) is 5.91 Å². The average molecular weight is 277 g/mol. The summed E-state index contributed by atoms with van der Waals surface area (Å²) in [6.45, 7) is 12.6. The molecule has 3 heteroatoms. The number of nitrogens with one attached hydrogen (secondary N) is 1. The predicted octanol–water partition coefficient (Wildman–Crippen LogP) is 3.48. The van der Waals surface area contributed by atoms with Crippen LogP contribution in [0.15, 0.2) is 18.2 Å². The minimum atomic E-state index is -0.0596. The molecule has 1 amide bonds. The largest absolute Gasteiger partial charge is 0.484 e. The number of carbonyl (C=O) groups excluding carboxylic acids is 1. The van der Waals surface area contributed by atoms with Crippen LogP contribution in [0.1, 0.15) is 38.8 Å². The lowest BCUT2D eigenvalue weighted by Crippen LogP contribution is -2.44. The van der Waals surface area contributed by atoms with Crippen LogP contribution >= 0.6 is 0 Å². The molecule has 0 aliphatic heterocycles. The number of hydrogen-bond donors (Lipinski definition) is 1. The van der Waals surface area contributed by atoms with Crippen molar-refractivity contribution in [3.8, 4) is 5.75 Å². The molecule has 3 nitrogen and oxygen atoms in total. The van der Waals surface area contributed by atoms with E-state index in [9.17, 15) is 4.79 Å². The highest BCUT2D eigenvalue weighted by Gasteiger charge is 2.19. The molecule has 0 aliphatic rings. The lowest BCUT2D eigenvalue weighted by molar-refractivity contribution is -0.124. The summed E-state index contributed by atoms with van der Waals surface area (Å²) >= 11 is 0. The van der Waals surface area contributed by atoms with Crippen LogP contribution in [0.2, 0.25) is 0 Å². The Kier molecular flexibility index (Phi) is 6.05. The molecule has 112 valence electrons. The van der Waals surface area contributed by atoms with E-state index in [1.165, 1.54) is 11.1 Å². The van der Waals surface area contributed by atoms with Crippen LogP contribution < -0.4 is 10.1 Å². The van der Waals surface area contributed by atoms with Crippen LogP contribution in [0, 0.1) is 25.7 Å². The lowest BCUT2D eigenvalue weighted by Gasteiger charge is -2.26. The number of aryl methyl sites for hydroxylation is 2. The number of carbonyl (C=O) groups is 1. The molecule has 0 radical (unpaired) electrons. The maximum Gasteiger partial charge on any atom is 0.258 e. The fourth-order valence-corrected chi connectivity index (χ4v) is 2.28. The number of hydrogen-bond acceptors (Lipinski definition) is 2. The predicted molar refractivity (Wildman–Crippen MR) is 83.0 cm³/mol. The molecule has 0 heterocycles. The van der Waals surface area contributed by atoms with E-state index in [0.29, 0.717) is 11.8 Å². The number of ether oxygens (including phenoxy) is 1. The summed E-state index contributed by atoms with van der Waals surface area (Å²) in [5, 5.41) is 3.05. The van der Waals surface area contributed by atoms with Crippen molar-refractivity contribution in [2.45, 2.75) is 47.6 Å². The van der Waals surface area contributed by atoms with Crippen LogP contribution in [0.5, 0.6) is 5.75 Å². The highest BCUT2D eigenvalue weighted by molar-refractivity contribution is 5.77. The Labute approximate surface area is 122 Å². The molecule has 0 saturated heterocycles. The van der Waals surface area contributed by atoms with Crippen molar-refractivity contribution in [1.82, 2.24) is 5.32 Å². The smallest absolute Gasteiger partial charge is 0.258 e. The SMILES string of the molecule is Cc1ccc(OCC(=O)NC(C(C)C)C(C)C)cc1C. The molecule has 0 saturated carbocycles. The zero-order chi connectivity index (χ0) is 15.3. The van der Waals surface area contributed by atoms with Crippen LogP contribution in [-0.4, -0.2) is 18.6 Å². The topological polar surface area (TPSA) is 38.3 Å². The van der Waals surface area contributed by atoms with Crippen molar-refractivity contribution < 1.29 is 9.53 Å². The third-order valence-electron chi connectivity index (χ3n) is 3.61. The Morgan fingerprint density at radius 3 is 2.20 bits per heavy atom. The van der Waals surface area contributed by atoms with E-state index in [-0.39, 0.29) is 18.6 Å². The van der Waals surface area contributed by atoms with E-state index in [4.69, 9.17) is 4.74 Å². The van der Waals surface area contributed by atoms with Crippen LogP contribution in [0.25, 0.3) is 0 Å². The molecule has 0 spiro atoms. The molecule has 0 atom stereocenters. The van der Waals surface area contributed by atoms with Crippen molar-refractivity contribution in [2.24, 2.45) is 11.8 Å². The monoisotopic (exact) mass is 277 g/mol. The van der Waals surface area contributed by atoms with Gasteiger partial charge in [0.1, 0.15) is 5.75 Å². The van der Waals surface area contributed by atoms with E-state index < -0.39 is 0 Å². The molecule has 0 aliphatic carbocycles. The fourth-order valence-electron chi connectivity index (χ4n) is 2.28. The van der Waals surface area contributed by atoms with Crippen molar-refractivity contribution in [1.29, 1.82) is 0 Å². The van der Waals surface area contributed by atoms with Gasteiger partial charge < -0.3 is 10.1 Å². The normalized spacial score (nSPS) is 11.2. The molecule has 1 rings (SSSR count). The van der Waals surface area contributed by atoms with Crippen molar-refractivity contribution >= 4 is 5.91 Å². The van der Waals surface area contributed by atoms with Gasteiger partial charge in [0, 0.05) is 6.04 Å². The molecule has 1 N–H and O–H groups in total. The standard InChI is InChI=1S/C17H27NO2/c1-11(2)17(12(3)4)18-16(19)10-20-15-8-7-13(5)14(6)9-15/h7-9,11-12,17H,10H2,1-6H3,(H,18,19). The molecule has 0 bridgehead atoms. The summed E-state index contributed by atoms with van der Waals surface area (Å²) in [4.78, 5) is 12.0. The lowest BCUT2D eigenvalue weighted by atomic mass is 9.93. The van der Waals surface area contributed by atoms with Crippen molar-refractivity contribution in [2.75, 3.05) is 6.61 Å². The van der Waals surface area contributed by atoms with Crippen LogP contribution in [-0.2, 0) is 4.79 Å². The first kappa shape index (κ1) is 16.5.